The summed E-state index contributed by atoms with van der Waals surface area (Å²) in [5.74, 6) is -0.364. The number of rotatable bonds is 5. The molecular formula is C13H20FNO2. The lowest BCUT2D eigenvalue weighted by Gasteiger charge is -2.31. The predicted octanol–water partition coefficient (Wildman–Crippen LogP) is 2.09. The predicted molar refractivity (Wildman–Crippen MR) is 66.6 cm³/mol. The topological polar surface area (TPSA) is 43.7 Å². The van der Waals surface area contributed by atoms with Gasteiger partial charge in [-0.15, -0.1) is 0 Å². The first kappa shape index (κ1) is 13.9. The maximum absolute atomic E-state index is 13.2. The molecule has 0 saturated carbocycles. The van der Waals surface area contributed by atoms with Crippen molar-refractivity contribution in [3.63, 3.8) is 0 Å². The van der Waals surface area contributed by atoms with Crippen LogP contribution >= 0.6 is 0 Å². The molecule has 1 atom stereocenters. The molecule has 96 valence electrons. The van der Waals surface area contributed by atoms with Crippen LogP contribution in [0.4, 0.5) is 10.1 Å². The van der Waals surface area contributed by atoms with Crippen molar-refractivity contribution in [2.24, 2.45) is 0 Å². The van der Waals surface area contributed by atoms with Crippen LogP contribution in [0.5, 0.6) is 0 Å². The minimum atomic E-state index is -0.736. The van der Waals surface area contributed by atoms with Crippen LogP contribution in [0.2, 0.25) is 0 Å². The second-order valence-corrected chi connectivity index (χ2v) is 4.39. The lowest BCUT2D eigenvalue weighted by atomic mass is 10.1. The van der Waals surface area contributed by atoms with E-state index in [0.717, 1.165) is 5.69 Å². The normalized spacial score (nSPS) is 12.9. The van der Waals surface area contributed by atoms with Crippen LogP contribution in [0, 0.1) is 5.82 Å². The van der Waals surface area contributed by atoms with E-state index < -0.39 is 6.10 Å². The van der Waals surface area contributed by atoms with Gasteiger partial charge in [0, 0.05) is 23.8 Å². The zero-order chi connectivity index (χ0) is 13.0. The quantitative estimate of drug-likeness (QED) is 0.829. The number of hydrogen-bond acceptors (Lipinski definition) is 3. The van der Waals surface area contributed by atoms with Gasteiger partial charge in [-0.25, -0.2) is 4.39 Å². The SMILES string of the molecule is CC(C)N(CCO)c1ccc(F)cc1[C@H](C)O. The number of aliphatic hydroxyl groups is 2. The average Bonchev–Trinajstić information content (AvgIpc) is 2.26. The van der Waals surface area contributed by atoms with Crippen LogP contribution < -0.4 is 4.90 Å². The van der Waals surface area contributed by atoms with Crippen LogP contribution in [0.25, 0.3) is 0 Å². The molecule has 0 aliphatic carbocycles. The van der Waals surface area contributed by atoms with Crippen LogP contribution in [-0.2, 0) is 0 Å². The van der Waals surface area contributed by atoms with Crippen LogP contribution in [0.3, 0.4) is 0 Å². The molecule has 0 spiro atoms. The molecule has 1 rings (SSSR count). The smallest absolute Gasteiger partial charge is 0.123 e. The summed E-state index contributed by atoms with van der Waals surface area (Å²) in [6, 6.07) is 4.53. The third-order valence-corrected chi connectivity index (χ3v) is 2.71. The summed E-state index contributed by atoms with van der Waals surface area (Å²) in [4.78, 5) is 1.95. The molecule has 0 heterocycles. The zero-order valence-corrected chi connectivity index (χ0v) is 10.5. The van der Waals surface area contributed by atoms with Gasteiger partial charge in [0.05, 0.1) is 12.7 Å². The second-order valence-electron chi connectivity index (χ2n) is 4.39. The van der Waals surface area contributed by atoms with Crippen molar-refractivity contribution in [3.05, 3.63) is 29.6 Å². The Bertz CT molecular complexity index is 366. The molecule has 1 aromatic rings. The fourth-order valence-corrected chi connectivity index (χ4v) is 1.89. The van der Waals surface area contributed by atoms with Gasteiger partial charge in [-0.1, -0.05) is 0 Å². The molecule has 0 fully saturated rings. The van der Waals surface area contributed by atoms with Crippen molar-refractivity contribution in [3.8, 4) is 0 Å². The zero-order valence-electron chi connectivity index (χ0n) is 10.5. The number of anilines is 1. The van der Waals surface area contributed by atoms with Crippen molar-refractivity contribution in [1.29, 1.82) is 0 Å². The molecule has 4 heteroatoms. The maximum atomic E-state index is 13.2. The first-order valence-electron chi connectivity index (χ1n) is 5.82. The lowest BCUT2D eigenvalue weighted by Crippen LogP contribution is -2.34. The monoisotopic (exact) mass is 241 g/mol. The summed E-state index contributed by atoms with van der Waals surface area (Å²) < 4.78 is 13.2. The second kappa shape index (κ2) is 5.98. The highest BCUT2D eigenvalue weighted by Crippen LogP contribution is 2.28. The Morgan fingerprint density at radius 2 is 1.94 bits per heavy atom. The van der Waals surface area contributed by atoms with Gasteiger partial charge < -0.3 is 15.1 Å². The summed E-state index contributed by atoms with van der Waals surface area (Å²) in [7, 11) is 0. The minimum absolute atomic E-state index is 0.0226. The molecule has 0 aliphatic rings. The van der Waals surface area contributed by atoms with Gasteiger partial charge in [-0.2, -0.15) is 0 Å². The van der Waals surface area contributed by atoms with Crippen molar-refractivity contribution in [1.82, 2.24) is 0 Å². The number of halogens is 1. The summed E-state index contributed by atoms with van der Waals surface area (Å²) in [5.41, 5.74) is 1.32. The van der Waals surface area contributed by atoms with Crippen LogP contribution in [0.1, 0.15) is 32.4 Å². The van der Waals surface area contributed by atoms with Gasteiger partial charge in [0.1, 0.15) is 5.82 Å². The summed E-state index contributed by atoms with van der Waals surface area (Å²) in [5, 5.41) is 18.7. The Labute approximate surface area is 101 Å². The average molecular weight is 241 g/mol. The first-order valence-corrected chi connectivity index (χ1v) is 5.82. The highest BCUT2D eigenvalue weighted by Gasteiger charge is 2.17. The molecule has 17 heavy (non-hydrogen) atoms. The largest absolute Gasteiger partial charge is 0.395 e. The fourth-order valence-electron chi connectivity index (χ4n) is 1.89. The van der Waals surface area contributed by atoms with E-state index in [1.165, 1.54) is 12.1 Å². The van der Waals surface area contributed by atoms with Crippen LogP contribution in [0.15, 0.2) is 18.2 Å². The molecule has 0 unspecified atom stereocenters. The van der Waals surface area contributed by atoms with Gasteiger partial charge in [-0.3, -0.25) is 0 Å². The minimum Gasteiger partial charge on any atom is -0.395 e. The van der Waals surface area contributed by atoms with E-state index in [1.807, 2.05) is 18.7 Å². The molecule has 1 aromatic carbocycles. The molecule has 0 bridgehead atoms. The lowest BCUT2D eigenvalue weighted by molar-refractivity contribution is 0.199. The van der Waals surface area contributed by atoms with Gasteiger partial charge in [0.2, 0.25) is 0 Å². The van der Waals surface area contributed by atoms with E-state index in [1.54, 1.807) is 13.0 Å². The highest BCUT2D eigenvalue weighted by molar-refractivity contribution is 5.55. The van der Waals surface area contributed by atoms with Crippen molar-refractivity contribution < 1.29 is 14.6 Å². The van der Waals surface area contributed by atoms with Gasteiger partial charge in [-0.05, 0) is 39.0 Å². The summed E-state index contributed by atoms with van der Waals surface area (Å²) in [6.07, 6.45) is -0.736. The molecule has 0 aromatic heterocycles. The fraction of sp³-hybridized carbons (Fsp3) is 0.538. The summed E-state index contributed by atoms with van der Waals surface area (Å²) >= 11 is 0. The molecular weight excluding hydrogens is 221 g/mol. The van der Waals surface area contributed by atoms with E-state index in [0.29, 0.717) is 12.1 Å². The van der Waals surface area contributed by atoms with E-state index in [4.69, 9.17) is 5.11 Å². The molecule has 0 amide bonds. The first-order chi connectivity index (χ1) is 7.97. The van der Waals surface area contributed by atoms with Crippen molar-refractivity contribution >= 4 is 5.69 Å². The molecule has 0 radical (unpaired) electrons. The Balaban J connectivity index is 3.17. The molecule has 3 nitrogen and oxygen atoms in total. The van der Waals surface area contributed by atoms with Gasteiger partial charge >= 0.3 is 0 Å². The maximum Gasteiger partial charge on any atom is 0.123 e. The standard InChI is InChI=1S/C13H20FNO2/c1-9(2)15(6-7-16)13-5-4-11(14)8-12(13)10(3)17/h4-5,8-10,16-17H,6-7H2,1-3H3/t10-/m0/s1. The summed E-state index contributed by atoms with van der Waals surface area (Å²) in [6.45, 7) is 6.07. The number of aliphatic hydroxyl groups excluding tert-OH is 2. The van der Waals surface area contributed by atoms with Crippen LogP contribution in [-0.4, -0.2) is 29.4 Å². The van der Waals surface area contributed by atoms with Crippen molar-refractivity contribution in [2.45, 2.75) is 32.9 Å². The van der Waals surface area contributed by atoms with Crippen molar-refractivity contribution in [2.75, 3.05) is 18.1 Å². The Morgan fingerprint density at radius 3 is 2.41 bits per heavy atom. The number of nitrogens with zero attached hydrogens (tertiary/aromatic N) is 1. The van der Waals surface area contributed by atoms with E-state index in [-0.39, 0.29) is 18.5 Å². The highest BCUT2D eigenvalue weighted by atomic mass is 19.1. The van der Waals surface area contributed by atoms with E-state index in [9.17, 15) is 9.50 Å². The Hall–Kier alpha value is -1.13. The number of hydrogen-bond donors (Lipinski definition) is 2. The Kier molecular flexibility index (Phi) is 4.90. The molecule has 2 N–H and O–H groups in total. The molecule has 0 saturated heterocycles. The third-order valence-electron chi connectivity index (χ3n) is 2.71. The number of benzene rings is 1. The molecule has 0 aliphatic heterocycles. The Morgan fingerprint density at radius 1 is 1.29 bits per heavy atom. The van der Waals surface area contributed by atoms with Gasteiger partial charge in [0.25, 0.3) is 0 Å². The van der Waals surface area contributed by atoms with E-state index in [2.05, 4.69) is 0 Å². The third kappa shape index (κ3) is 3.41. The van der Waals surface area contributed by atoms with E-state index >= 15 is 0 Å². The van der Waals surface area contributed by atoms with Gasteiger partial charge in [0.15, 0.2) is 0 Å².